The van der Waals surface area contributed by atoms with Gasteiger partial charge < -0.3 is 15.4 Å². The lowest BCUT2D eigenvalue weighted by Crippen LogP contribution is -2.34. The highest BCUT2D eigenvalue weighted by atomic mass is 32.2. The number of hydrogen-bond donors (Lipinski definition) is 4. The van der Waals surface area contributed by atoms with E-state index in [0.717, 1.165) is 25.9 Å². The molecule has 1 saturated heterocycles. The van der Waals surface area contributed by atoms with Gasteiger partial charge in [-0.05, 0) is 44.1 Å². The molecule has 0 aliphatic carbocycles. The number of nitrogens with one attached hydrogen (secondary N) is 3. The fourth-order valence-electron chi connectivity index (χ4n) is 2.62. The second-order valence-electron chi connectivity index (χ2n) is 5.93. The molecule has 1 fully saturated rings. The zero-order valence-electron chi connectivity index (χ0n) is 14.9. The van der Waals surface area contributed by atoms with Crippen LogP contribution in [0.15, 0.2) is 18.2 Å². The van der Waals surface area contributed by atoms with Gasteiger partial charge in [0, 0.05) is 17.2 Å². The van der Waals surface area contributed by atoms with Crippen LogP contribution in [0.4, 0.5) is 5.69 Å². The minimum absolute atomic E-state index is 0.0694. The number of ether oxygens (including phenoxy) is 1. The molecule has 1 aliphatic rings. The largest absolute Gasteiger partial charge is 0.465 e. The van der Waals surface area contributed by atoms with E-state index in [0.29, 0.717) is 11.3 Å². The summed E-state index contributed by atoms with van der Waals surface area (Å²) in [5.74, 6) is 4.53. The molecule has 0 unspecified atom stereocenters. The fourth-order valence-corrected chi connectivity index (χ4v) is 2.89. The first-order chi connectivity index (χ1) is 12.8. The van der Waals surface area contributed by atoms with Crippen molar-refractivity contribution in [1.29, 1.82) is 0 Å². The van der Waals surface area contributed by atoms with Crippen molar-refractivity contribution in [1.82, 2.24) is 10.0 Å². The van der Waals surface area contributed by atoms with Crippen LogP contribution in [0.5, 0.6) is 0 Å². The van der Waals surface area contributed by atoms with Crippen molar-refractivity contribution in [3.8, 4) is 11.8 Å². The molecule has 0 bridgehead atoms. The zero-order valence-corrected chi connectivity index (χ0v) is 15.7. The lowest BCUT2D eigenvalue weighted by atomic mass is 9.97. The number of amides is 1. The average molecular weight is 394 g/mol. The van der Waals surface area contributed by atoms with E-state index in [1.807, 2.05) is 4.72 Å². The van der Waals surface area contributed by atoms with Gasteiger partial charge in [-0.2, -0.15) is 13.1 Å². The van der Waals surface area contributed by atoms with Crippen LogP contribution in [-0.2, 0) is 19.7 Å². The average Bonchev–Trinajstić information content (AvgIpc) is 2.64. The second kappa shape index (κ2) is 9.48. The molecular weight excluding hydrogens is 372 g/mol. The van der Waals surface area contributed by atoms with Crippen molar-refractivity contribution in [3.05, 3.63) is 29.3 Å². The maximum absolute atomic E-state index is 12.4. The number of rotatable bonds is 5. The molecule has 1 aliphatic heterocycles. The maximum atomic E-state index is 12.4. The van der Waals surface area contributed by atoms with Crippen molar-refractivity contribution in [3.63, 3.8) is 0 Å². The molecule has 9 nitrogen and oxygen atoms in total. The number of benzene rings is 1. The van der Waals surface area contributed by atoms with E-state index in [4.69, 9.17) is 9.88 Å². The SMILES string of the molecule is COC(=O)c1ccc(NC(=O)C2CCNCC2)cc1C#CCNS(N)(=O)=O. The monoisotopic (exact) mass is 394 g/mol. The Balaban J connectivity index is 2.18. The predicted molar refractivity (Wildman–Crippen MR) is 100.0 cm³/mol. The van der Waals surface area contributed by atoms with E-state index < -0.39 is 16.2 Å². The Kier molecular flexibility index (Phi) is 7.32. The van der Waals surface area contributed by atoms with Gasteiger partial charge in [-0.1, -0.05) is 11.8 Å². The minimum atomic E-state index is -3.85. The number of methoxy groups -OCH3 is 1. The summed E-state index contributed by atoms with van der Waals surface area (Å²) in [6.45, 7) is 1.38. The van der Waals surface area contributed by atoms with Gasteiger partial charge in [-0.15, -0.1) is 0 Å². The predicted octanol–water partition coefficient (Wildman–Crippen LogP) is -0.444. The molecule has 10 heteroatoms. The van der Waals surface area contributed by atoms with Gasteiger partial charge in [-0.25, -0.2) is 9.93 Å². The van der Waals surface area contributed by atoms with Gasteiger partial charge in [0.2, 0.25) is 5.91 Å². The van der Waals surface area contributed by atoms with Crippen LogP contribution >= 0.6 is 0 Å². The molecule has 146 valence electrons. The van der Waals surface area contributed by atoms with Crippen molar-refractivity contribution in [2.75, 3.05) is 32.1 Å². The number of carbonyl (C=O) groups excluding carboxylic acids is 2. The number of hydrogen-bond acceptors (Lipinski definition) is 6. The third-order valence-corrected chi connectivity index (χ3v) is 4.53. The van der Waals surface area contributed by atoms with E-state index in [1.165, 1.54) is 13.2 Å². The Morgan fingerprint density at radius 2 is 2.04 bits per heavy atom. The molecule has 0 radical (unpaired) electrons. The van der Waals surface area contributed by atoms with Gasteiger partial charge in [0.25, 0.3) is 10.2 Å². The summed E-state index contributed by atoms with van der Waals surface area (Å²) in [6.07, 6.45) is 1.52. The standard InChI is InChI=1S/C17H22N4O5S/c1-26-17(23)15-5-4-14(21-16(22)12-6-9-19-10-7-12)11-13(15)3-2-8-20-27(18,24)25/h4-5,11-12,19-20H,6-10H2,1H3,(H,21,22)(H2,18,24,25). The lowest BCUT2D eigenvalue weighted by molar-refractivity contribution is -0.120. The Hall–Kier alpha value is -2.45. The smallest absolute Gasteiger partial charge is 0.339 e. The van der Waals surface area contributed by atoms with Gasteiger partial charge >= 0.3 is 5.97 Å². The highest BCUT2D eigenvalue weighted by molar-refractivity contribution is 7.87. The topological polar surface area (TPSA) is 140 Å². The molecule has 0 aromatic heterocycles. The Morgan fingerprint density at radius 1 is 1.33 bits per heavy atom. The van der Waals surface area contributed by atoms with Crippen LogP contribution in [0, 0.1) is 17.8 Å². The van der Waals surface area contributed by atoms with E-state index in [1.54, 1.807) is 12.1 Å². The third-order valence-electron chi connectivity index (χ3n) is 3.99. The maximum Gasteiger partial charge on any atom is 0.339 e. The molecule has 1 heterocycles. The van der Waals surface area contributed by atoms with Gasteiger partial charge in [0.05, 0.1) is 19.2 Å². The summed E-state index contributed by atoms with van der Waals surface area (Å²) < 4.78 is 28.5. The van der Waals surface area contributed by atoms with Crippen molar-refractivity contribution >= 4 is 27.8 Å². The van der Waals surface area contributed by atoms with Crippen LogP contribution in [0.25, 0.3) is 0 Å². The van der Waals surface area contributed by atoms with Gasteiger partial charge in [0.1, 0.15) is 0 Å². The van der Waals surface area contributed by atoms with Gasteiger partial charge in [-0.3, -0.25) is 4.79 Å². The summed E-state index contributed by atoms with van der Waals surface area (Å²) in [7, 11) is -2.61. The Bertz CT molecular complexity index is 867. The van der Waals surface area contributed by atoms with Crippen molar-refractivity contribution in [2.45, 2.75) is 12.8 Å². The quantitative estimate of drug-likeness (QED) is 0.394. The molecule has 1 aromatic carbocycles. The summed E-state index contributed by atoms with van der Waals surface area (Å²) >= 11 is 0. The molecule has 0 saturated carbocycles. The number of carbonyl (C=O) groups is 2. The molecule has 0 atom stereocenters. The zero-order chi connectivity index (χ0) is 19.9. The third kappa shape index (κ3) is 6.65. The first kappa shape index (κ1) is 20.9. The Morgan fingerprint density at radius 3 is 2.67 bits per heavy atom. The molecular formula is C17H22N4O5S. The highest BCUT2D eigenvalue weighted by Gasteiger charge is 2.21. The lowest BCUT2D eigenvalue weighted by Gasteiger charge is -2.21. The minimum Gasteiger partial charge on any atom is -0.465 e. The molecule has 1 aromatic rings. The molecule has 1 amide bonds. The summed E-state index contributed by atoms with van der Waals surface area (Å²) in [5, 5.41) is 10.9. The first-order valence-corrected chi connectivity index (χ1v) is 9.85. The first-order valence-electron chi connectivity index (χ1n) is 8.30. The van der Waals surface area contributed by atoms with E-state index >= 15 is 0 Å². The van der Waals surface area contributed by atoms with E-state index in [2.05, 4.69) is 22.5 Å². The van der Waals surface area contributed by atoms with Crippen LogP contribution in [0.3, 0.4) is 0 Å². The summed E-state index contributed by atoms with van der Waals surface area (Å²) in [5.41, 5.74) is 1.01. The normalized spacial score (nSPS) is 14.7. The molecule has 27 heavy (non-hydrogen) atoms. The number of piperidine rings is 1. The summed E-state index contributed by atoms with van der Waals surface area (Å²) in [4.78, 5) is 24.3. The molecule has 0 spiro atoms. The molecule has 2 rings (SSSR count). The summed E-state index contributed by atoms with van der Waals surface area (Å²) in [6, 6.07) is 4.65. The Labute approximate surface area is 158 Å². The number of nitrogens with two attached hydrogens (primary N) is 1. The number of anilines is 1. The van der Waals surface area contributed by atoms with Gasteiger partial charge in [0.15, 0.2) is 0 Å². The molecule has 5 N–H and O–H groups in total. The van der Waals surface area contributed by atoms with E-state index in [9.17, 15) is 18.0 Å². The van der Waals surface area contributed by atoms with E-state index in [-0.39, 0.29) is 23.9 Å². The van der Waals surface area contributed by atoms with Crippen molar-refractivity contribution in [2.24, 2.45) is 11.1 Å². The highest BCUT2D eigenvalue weighted by Crippen LogP contribution is 2.19. The van der Waals surface area contributed by atoms with Crippen molar-refractivity contribution < 1.29 is 22.7 Å². The van der Waals surface area contributed by atoms with Crippen LogP contribution in [-0.4, -0.2) is 47.0 Å². The van der Waals surface area contributed by atoms with Crippen LogP contribution < -0.4 is 20.5 Å². The van der Waals surface area contributed by atoms with Crippen LogP contribution in [0.1, 0.15) is 28.8 Å². The fraction of sp³-hybridized carbons (Fsp3) is 0.412. The van der Waals surface area contributed by atoms with Crippen LogP contribution in [0.2, 0.25) is 0 Å². The number of esters is 1. The second-order valence-corrected chi connectivity index (χ2v) is 7.31.